The minimum atomic E-state index is -0.171. The molecule has 1 aromatic rings. The Kier molecular flexibility index (Phi) is 3.66. The fourth-order valence-corrected chi connectivity index (χ4v) is 2.58. The second-order valence-corrected chi connectivity index (χ2v) is 5.86. The van der Waals surface area contributed by atoms with Crippen LogP contribution in [0.4, 0.5) is 0 Å². The summed E-state index contributed by atoms with van der Waals surface area (Å²) in [5.74, 6) is 1.10. The standard InChI is InChI=1S/C16H22N2O2/c1-10(17-11(2)16(19)18-14-4-5-14)12-3-6-15-13(9-12)7-8-20-15/h3,6,9-11,14,17H,4-5,7-8H2,1-2H3,(H,18,19). The summed E-state index contributed by atoms with van der Waals surface area (Å²) in [4.78, 5) is 12.0. The molecule has 0 radical (unpaired) electrons. The van der Waals surface area contributed by atoms with Crippen molar-refractivity contribution in [1.82, 2.24) is 10.6 Å². The zero-order valence-electron chi connectivity index (χ0n) is 12.1. The van der Waals surface area contributed by atoms with E-state index in [9.17, 15) is 4.79 Å². The zero-order chi connectivity index (χ0) is 14.1. The maximum atomic E-state index is 12.0. The van der Waals surface area contributed by atoms with Gasteiger partial charge >= 0.3 is 0 Å². The van der Waals surface area contributed by atoms with Gasteiger partial charge in [0.05, 0.1) is 12.6 Å². The molecule has 1 heterocycles. The molecule has 1 aromatic carbocycles. The van der Waals surface area contributed by atoms with Gasteiger partial charge in [-0.3, -0.25) is 10.1 Å². The highest BCUT2D eigenvalue weighted by molar-refractivity contribution is 5.81. The molecule has 2 unspecified atom stereocenters. The minimum Gasteiger partial charge on any atom is -0.493 e. The fraction of sp³-hybridized carbons (Fsp3) is 0.562. The molecule has 1 amide bonds. The van der Waals surface area contributed by atoms with E-state index in [1.54, 1.807) is 0 Å². The summed E-state index contributed by atoms with van der Waals surface area (Å²) in [5, 5.41) is 6.40. The number of hydrogen-bond donors (Lipinski definition) is 2. The Morgan fingerprint density at radius 2 is 2.15 bits per heavy atom. The van der Waals surface area contributed by atoms with Crippen LogP contribution in [0.5, 0.6) is 5.75 Å². The lowest BCUT2D eigenvalue weighted by molar-refractivity contribution is -0.123. The van der Waals surface area contributed by atoms with Crippen molar-refractivity contribution >= 4 is 5.91 Å². The van der Waals surface area contributed by atoms with Gasteiger partial charge in [0.25, 0.3) is 0 Å². The first kappa shape index (κ1) is 13.4. The summed E-state index contributed by atoms with van der Waals surface area (Å²) < 4.78 is 5.52. The van der Waals surface area contributed by atoms with Crippen molar-refractivity contribution in [2.45, 2.75) is 51.2 Å². The molecule has 0 aromatic heterocycles. The van der Waals surface area contributed by atoms with E-state index in [0.29, 0.717) is 6.04 Å². The third-order valence-electron chi connectivity index (χ3n) is 4.03. The first-order chi connectivity index (χ1) is 9.63. The van der Waals surface area contributed by atoms with Crippen molar-refractivity contribution in [2.75, 3.05) is 6.61 Å². The van der Waals surface area contributed by atoms with Crippen LogP contribution in [0.3, 0.4) is 0 Å². The molecule has 1 aliphatic carbocycles. The Morgan fingerprint density at radius 1 is 1.35 bits per heavy atom. The fourth-order valence-electron chi connectivity index (χ4n) is 2.58. The van der Waals surface area contributed by atoms with E-state index in [-0.39, 0.29) is 18.0 Å². The molecule has 0 bridgehead atoms. The molecule has 4 heteroatoms. The molecule has 1 saturated carbocycles. The van der Waals surface area contributed by atoms with E-state index in [1.807, 2.05) is 13.0 Å². The lowest BCUT2D eigenvalue weighted by Gasteiger charge is -2.20. The largest absolute Gasteiger partial charge is 0.493 e. The van der Waals surface area contributed by atoms with E-state index in [1.165, 1.54) is 11.1 Å². The van der Waals surface area contributed by atoms with Gasteiger partial charge in [-0.1, -0.05) is 12.1 Å². The third kappa shape index (κ3) is 2.96. The lowest BCUT2D eigenvalue weighted by Crippen LogP contribution is -2.43. The van der Waals surface area contributed by atoms with Crippen LogP contribution in [-0.2, 0) is 11.2 Å². The molecular weight excluding hydrogens is 252 g/mol. The van der Waals surface area contributed by atoms with E-state index < -0.39 is 0 Å². The van der Waals surface area contributed by atoms with Crippen molar-refractivity contribution in [2.24, 2.45) is 0 Å². The summed E-state index contributed by atoms with van der Waals surface area (Å²) in [5.41, 5.74) is 2.48. The minimum absolute atomic E-state index is 0.101. The van der Waals surface area contributed by atoms with Gasteiger partial charge < -0.3 is 10.1 Å². The maximum Gasteiger partial charge on any atom is 0.237 e. The lowest BCUT2D eigenvalue weighted by atomic mass is 10.0. The molecule has 3 rings (SSSR count). The van der Waals surface area contributed by atoms with E-state index >= 15 is 0 Å². The van der Waals surface area contributed by atoms with Crippen LogP contribution >= 0.6 is 0 Å². The molecule has 2 atom stereocenters. The van der Waals surface area contributed by atoms with Gasteiger partial charge in [-0.05, 0) is 43.9 Å². The number of ether oxygens (including phenoxy) is 1. The van der Waals surface area contributed by atoms with Gasteiger partial charge in [-0.15, -0.1) is 0 Å². The van der Waals surface area contributed by atoms with Gasteiger partial charge in [-0.2, -0.15) is 0 Å². The Hall–Kier alpha value is -1.55. The van der Waals surface area contributed by atoms with E-state index in [2.05, 4.69) is 29.7 Å². The number of amides is 1. The molecule has 20 heavy (non-hydrogen) atoms. The number of rotatable bonds is 5. The molecule has 2 aliphatic rings. The van der Waals surface area contributed by atoms with Crippen molar-refractivity contribution in [1.29, 1.82) is 0 Å². The van der Waals surface area contributed by atoms with Crippen LogP contribution in [0.25, 0.3) is 0 Å². The van der Waals surface area contributed by atoms with Gasteiger partial charge in [-0.25, -0.2) is 0 Å². The maximum absolute atomic E-state index is 12.0. The predicted molar refractivity (Wildman–Crippen MR) is 77.8 cm³/mol. The van der Waals surface area contributed by atoms with Gasteiger partial charge in [0, 0.05) is 18.5 Å². The summed E-state index contributed by atoms with van der Waals surface area (Å²) in [6.45, 7) is 4.80. The van der Waals surface area contributed by atoms with Crippen molar-refractivity contribution in [3.63, 3.8) is 0 Å². The molecule has 1 aliphatic heterocycles. The van der Waals surface area contributed by atoms with Crippen LogP contribution in [-0.4, -0.2) is 24.6 Å². The second-order valence-electron chi connectivity index (χ2n) is 5.86. The van der Waals surface area contributed by atoms with Crippen LogP contribution in [0, 0.1) is 0 Å². The summed E-state index contributed by atoms with van der Waals surface area (Å²) in [6, 6.07) is 6.69. The van der Waals surface area contributed by atoms with Gasteiger partial charge in [0.2, 0.25) is 5.91 Å². The van der Waals surface area contributed by atoms with Crippen LogP contribution in [0.1, 0.15) is 43.9 Å². The molecule has 4 nitrogen and oxygen atoms in total. The van der Waals surface area contributed by atoms with Crippen molar-refractivity contribution < 1.29 is 9.53 Å². The topological polar surface area (TPSA) is 50.4 Å². The van der Waals surface area contributed by atoms with Crippen LogP contribution in [0.2, 0.25) is 0 Å². The summed E-state index contributed by atoms with van der Waals surface area (Å²) in [7, 11) is 0. The average molecular weight is 274 g/mol. The number of benzene rings is 1. The number of carbonyl (C=O) groups excluding carboxylic acids is 1. The van der Waals surface area contributed by atoms with Crippen LogP contribution in [0.15, 0.2) is 18.2 Å². The second kappa shape index (κ2) is 5.44. The monoisotopic (exact) mass is 274 g/mol. The van der Waals surface area contributed by atoms with Crippen molar-refractivity contribution in [3.8, 4) is 5.75 Å². The molecular formula is C16H22N2O2. The highest BCUT2D eigenvalue weighted by Gasteiger charge is 2.26. The van der Waals surface area contributed by atoms with Crippen molar-refractivity contribution in [3.05, 3.63) is 29.3 Å². The quantitative estimate of drug-likeness (QED) is 0.862. The summed E-state index contributed by atoms with van der Waals surface area (Å²) in [6.07, 6.45) is 3.23. The zero-order valence-corrected chi connectivity index (χ0v) is 12.1. The van der Waals surface area contributed by atoms with Gasteiger partial charge in [0.1, 0.15) is 5.75 Å². The highest BCUT2D eigenvalue weighted by Crippen LogP contribution is 2.28. The smallest absolute Gasteiger partial charge is 0.237 e. The van der Waals surface area contributed by atoms with E-state index in [4.69, 9.17) is 4.74 Å². The van der Waals surface area contributed by atoms with E-state index in [0.717, 1.165) is 31.6 Å². The number of hydrogen-bond acceptors (Lipinski definition) is 3. The number of nitrogens with one attached hydrogen (secondary N) is 2. The Labute approximate surface area is 119 Å². The Morgan fingerprint density at radius 3 is 2.90 bits per heavy atom. The molecule has 1 fully saturated rings. The SMILES string of the molecule is CC(NC(C)c1ccc2c(c1)CCO2)C(=O)NC1CC1. The average Bonchev–Trinajstić information content (AvgIpc) is 3.12. The number of carbonyl (C=O) groups is 1. The Balaban J connectivity index is 1.60. The molecule has 0 saturated heterocycles. The third-order valence-corrected chi connectivity index (χ3v) is 4.03. The molecule has 2 N–H and O–H groups in total. The molecule has 0 spiro atoms. The normalized spacial score (nSPS) is 19.9. The van der Waals surface area contributed by atoms with Crippen LogP contribution < -0.4 is 15.4 Å². The predicted octanol–water partition coefficient (Wildman–Crippen LogP) is 1.94. The van der Waals surface area contributed by atoms with Gasteiger partial charge in [0.15, 0.2) is 0 Å². The number of fused-ring (bicyclic) bond motifs is 1. The Bertz CT molecular complexity index is 511. The first-order valence-corrected chi connectivity index (χ1v) is 7.45. The molecule has 108 valence electrons. The highest BCUT2D eigenvalue weighted by atomic mass is 16.5. The summed E-state index contributed by atoms with van der Waals surface area (Å²) >= 11 is 0. The first-order valence-electron chi connectivity index (χ1n) is 7.45.